The van der Waals surface area contributed by atoms with E-state index in [4.69, 9.17) is 11.6 Å². The summed E-state index contributed by atoms with van der Waals surface area (Å²) >= 11 is 5.78. The maximum Gasteiger partial charge on any atom is 0.434 e. The molecule has 0 atom stereocenters. The summed E-state index contributed by atoms with van der Waals surface area (Å²) < 4.78 is 41.4. The van der Waals surface area contributed by atoms with E-state index in [1.165, 1.54) is 37.1 Å². The van der Waals surface area contributed by atoms with Crippen LogP contribution in [0.1, 0.15) is 48.2 Å². The normalized spacial score (nSPS) is 15.4. The van der Waals surface area contributed by atoms with E-state index in [2.05, 4.69) is 10.4 Å². The molecule has 4 nitrogen and oxygen atoms in total. The SMILES string of the molecule is O=C(NCCC1CCCC1)c1cnn(-c2ccc(Cl)cc2)c1C(F)(F)F. The molecule has 1 saturated carbocycles. The zero-order chi connectivity index (χ0) is 18.7. The van der Waals surface area contributed by atoms with Gasteiger partial charge in [-0.3, -0.25) is 4.79 Å². The van der Waals surface area contributed by atoms with Crippen LogP contribution in [-0.4, -0.2) is 22.2 Å². The van der Waals surface area contributed by atoms with Gasteiger partial charge in [0, 0.05) is 11.6 Å². The highest BCUT2D eigenvalue weighted by Crippen LogP contribution is 2.34. The van der Waals surface area contributed by atoms with Gasteiger partial charge in [-0.2, -0.15) is 18.3 Å². The molecule has 0 bridgehead atoms. The van der Waals surface area contributed by atoms with Crippen molar-refractivity contribution in [2.75, 3.05) is 6.54 Å². The molecule has 140 valence electrons. The molecule has 1 aliphatic carbocycles. The number of nitrogens with one attached hydrogen (secondary N) is 1. The van der Waals surface area contributed by atoms with E-state index in [0.717, 1.165) is 30.1 Å². The van der Waals surface area contributed by atoms with Crippen molar-refractivity contribution in [2.24, 2.45) is 5.92 Å². The van der Waals surface area contributed by atoms with Crippen LogP contribution in [0, 0.1) is 5.92 Å². The van der Waals surface area contributed by atoms with Crippen molar-refractivity contribution in [2.45, 2.75) is 38.3 Å². The van der Waals surface area contributed by atoms with Crippen LogP contribution < -0.4 is 5.32 Å². The zero-order valence-electron chi connectivity index (χ0n) is 14.0. The molecule has 26 heavy (non-hydrogen) atoms. The lowest BCUT2D eigenvalue weighted by Gasteiger charge is -2.13. The summed E-state index contributed by atoms with van der Waals surface area (Å²) in [5.41, 5.74) is -1.37. The molecule has 1 aromatic carbocycles. The second-order valence-corrected chi connectivity index (χ2v) is 6.92. The van der Waals surface area contributed by atoms with Gasteiger partial charge in [0.05, 0.1) is 17.4 Å². The van der Waals surface area contributed by atoms with Gasteiger partial charge in [-0.15, -0.1) is 0 Å². The van der Waals surface area contributed by atoms with Crippen LogP contribution in [0.3, 0.4) is 0 Å². The average Bonchev–Trinajstić information content (AvgIpc) is 3.24. The van der Waals surface area contributed by atoms with E-state index in [1.807, 2.05) is 0 Å². The van der Waals surface area contributed by atoms with Crippen molar-refractivity contribution < 1.29 is 18.0 Å². The topological polar surface area (TPSA) is 46.9 Å². The number of carbonyl (C=O) groups is 1. The first-order chi connectivity index (χ1) is 12.4. The lowest BCUT2D eigenvalue weighted by atomic mass is 10.0. The van der Waals surface area contributed by atoms with Gasteiger partial charge in [0.15, 0.2) is 5.69 Å². The van der Waals surface area contributed by atoms with Crippen LogP contribution >= 0.6 is 11.6 Å². The Morgan fingerprint density at radius 1 is 1.23 bits per heavy atom. The molecule has 0 saturated heterocycles. The van der Waals surface area contributed by atoms with Crippen molar-refractivity contribution >= 4 is 17.5 Å². The number of alkyl halides is 3. The number of halogens is 4. The lowest BCUT2D eigenvalue weighted by molar-refractivity contribution is -0.143. The third-order valence-electron chi connectivity index (χ3n) is 4.67. The maximum absolute atomic E-state index is 13.6. The molecule has 1 aliphatic rings. The van der Waals surface area contributed by atoms with Crippen molar-refractivity contribution in [1.29, 1.82) is 0 Å². The molecule has 0 aliphatic heterocycles. The predicted octanol–water partition coefficient (Wildman–Crippen LogP) is 4.85. The van der Waals surface area contributed by atoms with E-state index in [-0.39, 0.29) is 5.69 Å². The molecule has 0 unspecified atom stereocenters. The van der Waals surface area contributed by atoms with Crippen LogP contribution in [0.15, 0.2) is 30.5 Å². The standard InChI is InChI=1S/C18H19ClF3N3O/c19-13-5-7-14(8-6-13)25-16(18(20,21)22)15(11-24-25)17(26)23-10-9-12-3-1-2-4-12/h5-8,11-12H,1-4,9-10H2,(H,23,26). The number of carbonyl (C=O) groups excluding carboxylic acids is 1. The molecule has 1 heterocycles. The largest absolute Gasteiger partial charge is 0.434 e. The Balaban J connectivity index is 1.80. The second-order valence-electron chi connectivity index (χ2n) is 6.49. The van der Waals surface area contributed by atoms with E-state index in [1.54, 1.807) is 0 Å². The number of nitrogens with zero attached hydrogens (tertiary/aromatic N) is 2. The Morgan fingerprint density at radius 2 is 1.88 bits per heavy atom. The summed E-state index contributed by atoms with van der Waals surface area (Å²) in [5.74, 6) is -0.204. The summed E-state index contributed by atoms with van der Waals surface area (Å²) in [6, 6.07) is 5.79. The van der Waals surface area contributed by atoms with Crippen molar-refractivity contribution in [3.8, 4) is 5.69 Å². The molecule has 1 fully saturated rings. The number of benzene rings is 1. The molecule has 1 amide bonds. The van der Waals surface area contributed by atoms with Gasteiger partial charge in [-0.25, -0.2) is 4.68 Å². The van der Waals surface area contributed by atoms with Gasteiger partial charge < -0.3 is 5.32 Å². The number of amides is 1. The van der Waals surface area contributed by atoms with E-state index in [9.17, 15) is 18.0 Å². The minimum absolute atomic E-state index is 0.187. The van der Waals surface area contributed by atoms with Crippen LogP contribution in [0.4, 0.5) is 13.2 Å². The molecular weight excluding hydrogens is 367 g/mol. The maximum atomic E-state index is 13.6. The first-order valence-corrected chi connectivity index (χ1v) is 8.93. The fourth-order valence-corrected chi connectivity index (χ4v) is 3.48. The molecular formula is C18H19ClF3N3O. The van der Waals surface area contributed by atoms with Gasteiger partial charge >= 0.3 is 6.18 Å². The molecule has 2 aromatic rings. The fourth-order valence-electron chi connectivity index (χ4n) is 3.35. The highest BCUT2D eigenvalue weighted by Gasteiger charge is 2.40. The van der Waals surface area contributed by atoms with Gasteiger partial charge in [0.25, 0.3) is 5.91 Å². The smallest absolute Gasteiger partial charge is 0.352 e. The van der Waals surface area contributed by atoms with E-state index < -0.39 is 23.3 Å². The number of aromatic nitrogens is 2. The monoisotopic (exact) mass is 385 g/mol. The number of rotatable bonds is 5. The summed E-state index contributed by atoms with van der Waals surface area (Å²) in [4.78, 5) is 12.3. The molecule has 0 radical (unpaired) electrons. The number of hydrogen-bond donors (Lipinski definition) is 1. The summed E-state index contributed by atoms with van der Waals surface area (Å²) in [5, 5.41) is 6.78. The van der Waals surface area contributed by atoms with Crippen molar-refractivity contribution in [1.82, 2.24) is 15.1 Å². The molecule has 0 spiro atoms. The molecule has 3 rings (SSSR count). The van der Waals surface area contributed by atoms with Crippen LogP contribution in [0.2, 0.25) is 5.02 Å². The summed E-state index contributed by atoms with van der Waals surface area (Å²) in [6.45, 7) is 0.368. The van der Waals surface area contributed by atoms with E-state index in [0.29, 0.717) is 17.5 Å². The minimum Gasteiger partial charge on any atom is -0.352 e. The highest BCUT2D eigenvalue weighted by atomic mass is 35.5. The van der Waals surface area contributed by atoms with Gasteiger partial charge in [0.1, 0.15) is 0 Å². The van der Waals surface area contributed by atoms with Gasteiger partial charge in [-0.05, 0) is 36.6 Å². The Kier molecular flexibility index (Phi) is 5.55. The van der Waals surface area contributed by atoms with Gasteiger partial charge in [0.2, 0.25) is 0 Å². The second kappa shape index (κ2) is 7.70. The Morgan fingerprint density at radius 3 is 2.50 bits per heavy atom. The first kappa shape index (κ1) is 18.8. The van der Waals surface area contributed by atoms with Gasteiger partial charge in [-0.1, -0.05) is 37.3 Å². The third-order valence-corrected chi connectivity index (χ3v) is 4.92. The third kappa shape index (κ3) is 4.20. The van der Waals surface area contributed by atoms with E-state index >= 15 is 0 Å². The minimum atomic E-state index is -4.71. The van der Waals surface area contributed by atoms with Crippen LogP contribution in [0.5, 0.6) is 0 Å². The van der Waals surface area contributed by atoms with Crippen LogP contribution in [-0.2, 0) is 6.18 Å². The average molecular weight is 386 g/mol. The van der Waals surface area contributed by atoms with Crippen LogP contribution in [0.25, 0.3) is 5.69 Å². The summed E-state index contributed by atoms with van der Waals surface area (Å²) in [7, 11) is 0. The quantitative estimate of drug-likeness (QED) is 0.799. The molecule has 8 heteroatoms. The molecule has 1 N–H and O–H groups in total. The Hall–Kier alpha value is -2.02. The Labute approximate surface area is 154 Å². The first-order valence-electron chi connectivity index (χ1n) is 8.55. The predicted molar refractivity (Wildman–Crippen MR) is 92.5 cm³/mol. The highest BCUT2D eigenvalue weighted by molar-refractivity contribution is 6.30. The molecule has 1 aromatic heterocycles. The zero-order valence-corrected chi connectivity index (χ0v) is 14.8. The van der Waals surface area contributed by atoms with Crippen molar-refractivity contribution in [3.05, 3.63) is 46.7 Å². The summed E-state index contributed by atoms with van der Waals surface area (Å²) in [6.07, 6.45) is 1.65. The van der Waals surface area contributed by atoms with Crippen molar-refractivity contribution in [3.63, 3.8) is 0 Å². The Bertz CT molecular complexity index is 765. The number of hydrogen-bond acceptors (Lipinski definition) is 2. The fraction of sp³-hybridized carbons (Fsp3) is 0.444. The lowest BCUT2D eigenvalue weighted by Crippen LogP contribution is -2.28.